The second-order valence-electron chi connectivity index (χ2n) is 7.65. The van der Waals surface area contributed by atoms with Crippen LogP contribution in [0.3, 0.4) is 0 Å². The number of nitrogens with zero attached hydrogens (tertiary/aromatic N) is 1. The predicted molar refractivity (Wildman–Crippen MR) is 126 cm³/mol. The standard InChI is InChI=1S/C25H16N2O5S/c1-12-7-18(29-2)21-19(8-12)31-25-15(22(21)28)10-14(23(26)32-25)16-11-33-24(27-16)20-9-13-5-3-4-6-17(13)30-20/h3-11,26H,1-2H3. The lowest BCUT2D eigenvalue weighted by Gasteiger charge is -2.07. The van der Waals surface area contributed by atoms with Gasteiger partial charge in [-0.2, -0.15) is 0 Å². The van der Waals surface area contributed by atoms with Crippen molar-refractivity contribution in [3.8, 4) is 27.8 Å². The zero-order valence-electron chi connectivity index (χ0n) is 17.6. The van der Waals surface area contributed by atoms with Crippen LogP contribution in [-0.4, -0.2) is 12.1 Å². The smallest absolute Gasteiger partial charge is 0.303 e. The molecule has 4 heterocycles. The van der Waals surface area contributed by atoms with Crippen molar-refractivity contribution in [2.24, 2.45) is 0 Å². The fourth-order valence-electron chi connectivity index (χ4n) is 3.91. The Bertz CT molecular complexity index is 1790. The first kappa shape index (κ1) is 19.5. The van der Waals surface area contributed by atoms with E-state index in [2.05, 4.69) is 4.98 Å². The first-order valence-electron chi connectivity index (χ1n) is 10.1. The van der Waals surface area contributed by atoms with Gasteiger partial charge in [-0.05, 0) is 42.8 Å². The van der Waals surface area contributed by atoms with Crippen molar-refractivity contribution in [3.05, 3.63) is 75.3 Å². The highest BCUT2D eigenvalue weighted by Gasteiger charge is 2.18. The van der Waals surface area contributed by atoms with E-state index in [1.807, 2.05) is 42.6 Å². The van der Waals surface area contributed by atoms with Gasteiger partial charge in [-0.1, -0.05) is 18.2 Å². The number of aromatic nitrogens is 1. The molecular formula is C25H16N2O5S. The number of ether oxygens (including phenoxy) is 1. The van der Waals surface area contributed by atoms with Crippen molar-refractivity contribution in [1.29, 1.82) is 5.41 Å². The molecule has 0 bridgehead atoms. The van der Waals surface area contributed by atoms with Crippen molar-refractivity contribution in [1.82, 2.24) is 4.98 Å². The van der Waals surface area contributed by atoms with Gasteiger partial charge in [0, 0.05) is 10.8 Å². The van der Waals surface area contributed by atoms with Gasteiger partial charge >= 0.3 is 5.78 Å². The van der Waals surface area contributed by atoms with E-state index < -0.39 is 0 Å². The second-order valence-corrected chi connectivity index (χ2v) is 8.51. The van der Waals surface area contributed by atoms with Crippen LogP contribution in [0.25, 0.3) is 55.1 Å². The van der Waals surface area contributed by atoms with Gasteiger partial charge < -0.3 is 18.0 Å². The zero-order valence-corrected chi connectivity index (χ0v) is 18.4. The molecule has 0 saturated heterocycles. The number of fused-ring (bicyclic) bond motifs is 3. The molecule has 6 rings (SSSR count). The highest BCUT2D eigenvalue weighted by Crippen LogP contribution is 2.33. The maximum atomic E-state index is 13.3. The van der Waals surface area contributed by atoms with Gasteiger partial charge in [0.25, 0.3) is 0 Å². The summed E-state index contributed by atoms with van der Waals surface area (Å²) < 4.78 is 22.8. The summed E-state index contributed by atoms with van der Waals surface area (Å²) in [7, 11) is 1.51. The zero-order chi connectivity index (χ0) is 22.7. The normalized spacial score (nSPS) is 11.6. The number of methoxy groups -OCH3 is 1. The fourth-order valence-corrected chi connectivity index (χ4v) is 4.69. The second kappa shape index (κ2) is 7.18. The molecule has 8 heteroatoms. The van der Waals surface area contributed by atoms with Crippen molar-refractivity contribution < 1.29 is 18.0 Å². The van der Waals surface area contributed by atoms with E-state index in [-0.39, 0.29) is 22.1 Å². The Kier molecular flexibility index (Phi) is 4.24. The van der Waals surface area contributed by atoms with Gasteiger partial charge in [-0.15, -0.1) is 11.3 Å². The molecular weight excluding hydrogens is 440 g/mol. The van der Waals surface area contributed by atoms with Crippen LogP contribution in [0.1, 0.15) is 5.56 Å². The Morgan fingerprint density at radius 1 is 1.03 bits per heavy atom. The topological polar surface area (TPSA) is 102 Å². The third-order valence-corrected chi connectivity index (χ3v) is 6.33. The predicted octanol–water partition coefficient (Wildman–Crippen LogP) is 5.87. The fraction of sp³-hybridized carbons (Fsp3) is 0.0800. The van der Waals surface area contributed by atoms with Crippen LogP contribution in [-0.2, 0) is 0 Å². The molecule has 0 atom stereocenters. The lowest BCUT2D eigenvalue weighted by atomic mass is 10.1. The molecule has 4 aromatic heterocycles. The Morgan fingerprint density at radius 2 is 1.88 bits per heavy atom. The van der Waals surface area contributed by atoms with Gasteiger partial charge in [-0.25, -0.2) is 4.98 Å². The molecule has 162 valence electrons. The van der Waals surface area contributed by atoms with Crippen LogP contribution in [0, 0.1) is 12.3 Å². The number of hydrogen-bond acceptors (Lipinski definition) is 8. The number of benzene rings is 2. The average Bonchev–Trinajstić information content (AvgIpc) is 3.45. The SMILES string of the molecule is COc1cc(C)cc2oc3oc(=N)c(-c4csc(-c5cc6ccccc6o5)n4)cc3c(=O)c12. The maximum Gasteiger partial charge on any atom is 0.303 e. The van der Waals surface area contributed by atoms with Crippen LogP contribution in [0.5, 0.6) is 5.75 Å². The Labute approximate surface area is 190 Å². The van der Waals surface area contributed by atoms with Gasteiger partial charge in [0.05, 0.1) is 18.4 Å². The monoisotopic (exact) mass is 456 g/mol. The molecule has 1 N–H and O–H groups in total. The van der Waals surface area contributed by atoms with Crippen molar-refractivity contribution in [3.63, 3.8) is 0 Å². The molecule has 0 radical (unpaired) electrons. The van der Waals surface area contributed by atoms with Gasteiger partial charge in [0.15, 0.2) is 10.8 Å². The van der Waals surface area contributed by atoms with E-state index in [1.54, 1.807) is 18.2 Å². The Morgan fingerprint density at radius 3 is 2.70 bits per heavy atom. The molecule has 0 unspecified atom stereocenters. The summed E-state index contributed by atoms with van der Waals surface area (Å²) in [5.41, 5.74) is 2.47. The van der Waals surface area contributed by atoms with Crippen molar-refractivity contribution in [2.45, 2.75) is 6.92 Å². The molecule has 7 nitrogen and oxygen atoms in total. The molecule has 2 aromatic carbocycles. The van der Waals surface area contributed by atoms with E-state index >= 15 is 0 Å². The highest BCUT2D eigenvalue weighted by molar-refractivity contribution is 7.13. The Hall–Kier alpha value is -4.17. The molecule has 33 heavy (non-hydrogen) atoms. The third kappa shape index (κ3) is 3.07. The molecule has 0 aliphatic rings. The minimum Gasteiger partial charge on any atom is -0.496 e. The summed E-state index contributed by atoms with van der Waals surface area (Å²) >= 11 is 1.39. The van der Waals surface area contributed by atoms with Gasteiger partial charge in [0.1, 0.15) is 27.7 Å². The molecule has 0 aliphatic carbocycles. The minimum absolute atomic E-state index is 0.0124. The lowest BCUT2D eigenvalue weighted by Crippen LogP contribution is -2.09. The van der Waals surface area contributed by atoms with Crippen LogP contribution in [0.2, 0.25) is 0 Å². The molecule has 0 aliphatic heterocycles. The summed E-state index contributed by atoms with van der Waals surface area (Å²) in [6.45, 7) is 1.88. The van der Waals surface area contributed by atoms with E-state index in [1.165, 1.54) is 18.4 Å². The molecule has 0 saturated carbocycles. The summed E-state index contributed by atoms with van der Waals surface area (Å²) in [5.74, 6) is 1.06. The number of para-hydroxylation sites is 1. The van der Waals surface area contributed by atoms with Gasteiger partial charge in [0.2, 0.25) is 11.0 Å². The minimum atomic E-state index is -0.291. The quantitative estimate of drug-likeness (QED) is 0.334. The lowest BCUT2D eigenvalue weighted by molar-refractivity contribution is 0.417. The summed E-state index contributed by atoms with van der Waals surface area (Å²) in [6.07, 6.45) is 0. The van der Waals surface area contributed by atoms with Gasteiger partial charge in [-0.3, -0.25) is 10.2 Å². The molecule has 0 spiro atoms. The van der Waals surface area contributed by atoms with Crippen LogP contribution in [0.15, 0.2) is 72.0 Å². The Balaban J connectivity index is 1.53. The van der Waals surface area contributed by atoms with Crippen LogP contribution < -0.4 is 15.7 Å². The summed E-state index contributed by atoms with van der Waals surface area (Å²) in [6, 6.07) is 14.8. The van der Waals surface area contributed by atoms with Crippen molar-refractivity contribution in [2.75, 3.05) is 7.11 Å². The molecule has 0 fully saturated rings. The van der Waals surface area contributed by atoms with E-state index in [9.17, 15) is 4.79 Å². The number of rotatable bonds is 3. The number of furan rings is 1. The first-order valence-corrected chi connectivity index (χ1v) is 11.0. The number of hydrogen-bond donors (Lipinski definition) is 1. The summed E-state index contributed by atoms with van der Waals surface area (Å²) in [5, 5.41) is 12.4. The molecule has 0 amide bonds. The van der Waals surface area contributed by atoms with E-state index in [4.69, 9.17) is 23.4 Å². The maximum absolute atomic E-state index is 13.3. The van der Waals surface area contributed by atoms with Crippen LogP contribution >= 0.6 is 11.3 Å². The average molecular weight is 456 g/mol. The number of aryl methyl sites for hydroxylation is 1. The highest BCUT2D eigenvalue weighted by atomic mass is 32.1. The third-order valence-electron chi connectivity index (χ3n) is 5.47. The van der Waals surface area contributed by atoms with E-state index in [0.29, 0.717) is 38.7 Å². The molecule has 6 aromatic rings. The first-order chi connectivity index (χ1) is 16.0. The number of nitrogens with one attached hydrogen (secondary N) is 1. The van der Waals surface area contributed by atoms with Crippen molar-refractivity contribution >= 4 is 44.4 Å². The largest absolute Gasteiger partial charge is 0.496 e. The van der Waals surface area contributed by atoms with E-state index in [0.717, 1.165) is 16.5 Å². The number of thiazole rings is 1. The van der Waals surface area contributed by atoms with Crippen LogP contribution in [0.4, 0.5) is 0 Å². The summed E-state index contributed by atoms with van der Waals surface area (Å²) in [4.78, 5) is 17.9.